The van der Waals surface area contributed by atoms with Crippen molar-refractivity contribution in [2.75, 3.05) is 7.11 Å². The first-order chi connectivity index (χ1) is 9.61. The predicted molar refractivity (Wildman–Crippen MR) is 74.6 cm³/mol. The summed E-state index contributed by atoms with van der Waals surface area (Å²) < 4.78 is 31.4. The number of nitrogens with one attached hydrogen (secondary N) is 1. The summed E-state index contributed by atoms with van der Waals surface area (Å²) in [7, 11) is 1.62. The molecule has 2 aromatic carbocycles. The van der Waals surface area contributed by atoms with Gasteiger partial charge < -0.3 is 10.1 Å². The topological polar surface area (TPSA) is 21.3 Å². The molecule has 0 aliphatic heterocycles. The van der Waals surface area contributed by atoms with E-state index in [1.54, 1.807) is 13.2 Å². The van der Waals surface area contributed by atoms with E-state index in [1.165, 1.54) is 6.07 Å². The Morgan fingerprint density at radius 2 is 1.85 bits per heavy atom. The third-order valence-electron chi connectivity index (χ3n) is 3.23. The average molecular weight is 277 g/mol. The summed E-state index contributed by atoms with van der Waals surface area (Å²) in [6, 6.07) is 11.5. The van der Waals surface area contributed by atoms with Gasteiger partial charge in [0.1, 0.15) is 5.75 Å². The maximum absolute atomic E-state index is 13.2. The molecule has 0 bridgehead atoms. The molecule has 0 heterocycles. The monoisotopic (exact) mass is 277 g/mol. The van der Waals surface area contributed by atoms with Crippen LogP contribution >= 0.6 is 0 Å². The Labute approximate surface area is 117 Å². The molecule has 2 rings (SSSR count). The zero-order chi connectivity index (χ0) is 14.5. The second-order valence-electron chi connectivity index (χ2n) is 4.59. The molecule has 0 fully saturated rings. The first-order valence-electron chi connectivity index (χ1n) is 6.42. The molecular formula is C16H17F2NO. The van der Waals surface area contributed by atoms with Crippen molar-refractivity contribution in [3.63, 3.8) is 0 Å². The van der Waals surface area contributed by atoms with Gasteiger partial charge in [-0.15, -0.1) is 0 Å². The van der Waals surface area contributed by atoms with Crippen molar-refractivity contribution in [2.45, 2.75) is 19.5 Å². The standard InChI is InChI=1S/C16H17F2NO/c1-11(12-7-8-14(17)15(18)9-12)19-10-13-5-3-4-6-16(13)20-2/h3-9,11,19H,10H2,1-2H3. The maximum atomic E-state index is 13.2. The fraction of sp³-hybridized carbons (Fsp3) is 0.250. The lowest BCUT2D eigenvalue weighted by atomic mass is 10.1. The van der Waals surface area contributed by atoms with Gasteiger partial charge in [0.15, 0.2) is 11.6 Å². The summed E-state index contributed by atoms with van der Waals surface area (Å²) in [6.07, 6.45) is 0. The lowest BCUT2D eigenvalue weighted by Crippen LogP contribution is -2.18. The van der Waals surface area contributed by atoms with Crippen LogP contribution < -0.4 is 10.1 Å². The molecule has 0 aliphatic carbocycles. The van der Waals surface area contributed by atoms with E-state index in [-0.39, 0.29) is 6.04 Å². The van der Waals surface area contributed by atoms with Crippen LogP contribution in [0.4, 0.5) is 8.78 Å². The van der Waals surface area contributed by atoms with Crippen LogP contribution in [0.5, 0.6) is 5.75 Å². The normalized spacial score (nSPS) is 12.2. The van der Waals surface area contributed by atoms with Gasteiger partial charge in [0.05, 0.1) is 7.11 Å². The van der Waals surface area contributed by atoms with Gasteiger partial charge >= 0.3 is 0 Å². The van der Waals surface area contributed by atoms with Crippen LogP contribution in [0, 0.1) is 11.6 Å². The van der Waals surface area contributed by atoms with E-state index in [0.717, 1.165) is 17.4 Å². The minimum atomic E-state index is -0.828. The van der Waals surface area contributed by atoms with Crippen LogP contribution in [0.2, 0.25) is 0 Å². The van der Waals surface area contributed by atoms with Gasteiger partial charge in [0.2, 0.25) is 0 Å². The van der Waals surface area contributed by atoms with Crippen molar-refractivity contribution >= 4 is 0 Å². The molecule has 0 aliphatic rings. The number of halogens is 2. The second kappa shape index (κ2) is 6.48. The zero-order valence-electron chi connectivity index (χ0n) is 11.5. The van der Waals surface area contributed by atoms with Gasteiger partial charge in [-0.1, -0.05) is 24.3 Å². The predicted octanol–water partition coefficient (Wildman–Crippen LogP) is 3.82. The van der Waals surface area contributed by atoms with Crippen molar-refractivity contribution < 1.29 is 13.5 Å². The lowest BCUT2D eigenvalue weighted by Gasteiger charge is -2.16. The van der Waals surface area contributed by atoms with Gasteiger partial charge in [0, 0.05) is 18.2 Å². The molecule has 0 spiro atoms. The number of para-hydroxylation sites is 1. The highest BCUT2D eigenvalue weighted by Gasteiger charge is 2.10. The van der Waals surface area contributed by atoms with E-state index in [9.17, 15) is 8.78 Å². The molecule has 4 heteroatoms. The largest absolute Gasteiger partial charge is 0.496 e. The minimum Gasteiger partial charge on any atom is -0.496 e. The SMILES string of the molecule is COc1ccccc1CNC(C)c1ccc(F)c(F)c1. The van der Waals surface area contributed by atoms with Gasteiger partial charge in [-0.05, 0) is 30.7 Å². The lowest BCUT2D eigenvalue weighted by molar-refractivity contribution is 0.406. The third kappa shape index (κ3) is 3.33. The minimum absolute atomic E-state index is 0.0880. The first kappa shape index (κ1) is 14.5. The quantitative estimate of drug-likeness (QED) is 0.897. The van der Waals surface area contributed by atoms with E-state index in [2.05, 4.69) is 5.32 Å². The molecule has 0 aromatic heterocycles. The Bertz CT molecular complexity index is 586. The second-order valence-corrected chi connectivity index (χ2v) is 4.59. The number of methoxy groups -OCH3 is 1. The van der Waals surface area contributed by atoms with Gasteiger partial charge in [0.25, 0.3) is 0 Å². The fourth-order valence-corrected chi connectivity index (χ4v) is 2.01. The molecule has 0 saturated carbocycles. The highest BCUT2D eigenvalue weighted by molar-refractivity contribution is 5.33. The van der Waals surface area contributed by atoms with Crippen molar-refractivity contribution in [1.82, 2.24) is 5.32 Å². The molecule has 2 nitrogen and oxygen atoms in total. The maximum Gasteiger partial charge on any atom is 0.159 e. The van der Waals surface area contributed by atoms with E-state index >= 15 is 0 Å². The fourth-order valence-electron chi connectivity index (χ4n) is 2.01. The molecule has 106 valence electrons. The summed E-state index contributed by atoms with van der Waals surface area (Å²) in [5.74, 6) is -0.850. The van der Waals surface area contributed by atoms with Crippen molar-refractivity contribution in [3.05, 3.63) is 65.2 Å². The van der Waals surface area contributed by atoms with Gasteiger partial charge in [-0.25, -0.2) is 8.78 Å². The highest BCUT2D eigenvalue weighted by Crippen LogP contribution is 2.20. The van der Waals surface area contributed by atoms with Crippen molar-refractivity contribution in [3.8, 4) is 5.75 Å². The molecule has 0 saturated heterocycles. The molecule has 1 unspecified atom stereocenters. The van der Waals surface area contributed by atoms with Gasteiger partial charge in [-0.2, -0.15) is 0 Å². The van der Waals surface area contributed by atoms with E-state index < -0.39 is 11.6 Å². The summed E-state index contributed by atoms with van der Waals surface area (Å²) in [5.41, 5.74) is 1.73. The number of hydrogen-bond acceptors (Lipinski definition) is 2. The number of ether oxygens (including phenoxy) is 1. The first-order valence-corrected chi connectivity index (χ1v) is 6.42. The van der Waals surface area contributed by atoms with Gasteiger partial charge in [-0.3, -0.25) is 0 Å². The molecular weight excluding hydrogens is 260 g/mol. The molecule has 0 amide bonds. The van der Waals surface area contributed by atoms with Crippen LogP contribution in [-0.4, -0.2) is 7.11 Å². The average Bonchev–Trinajstić information content (AvgIpc) is 2.47. The Hall–Kier alpha value is -1.94. The van der Waals surface area contributed by atoms with E-state index in [1.807, 2.05) is 31.2 Å². The van der Waals surface area contributed by atoms with E-state index in [4.69, 9.17) is 4.74 Å². The van der Waals surface area contributed by atoms with Crippen LogP contribution in [-0.2, 0) is 6.54 Å². The molecule has 20 heavy (non-hydrogen) atoms. The summed E-state index contributed by atoms with van der Waals surface area (Å²) in [4.78, 5) is 0. The smallest absolute Gasteiger partial charge is 0.159 e. The molecule has 1 N–H and O–H groups in total. The van der Waals surface area contributed by atoms with E-state index in [0.29, 0.717) is 12.1 Å². The number of rotatable bonds is 5. The number of hydrogen-bond donors (Lipinski definition) is 1. The van der Waals surface area contributed by atoms with Crippen LogP contribution in [0.15, 0.2) is 42.5 Å². The molecule has 1 atom stereocenters. The van der Waals surface area contributed by atoms with Crippen LogP contribution in [0.3, 0.4) is 0 Å². The Kier molecular flexibility index (Phi) is 4.69. The Balaban J connectivity index is 2.04. The third-order valence-corrected chi connectivity index (χ3v) is 3.23. The summed E-state index contributed by atoms with van der Waals surface area (Å²) in [6.45, 7) is 2.49. The van der Waals surface area contributed by atoms with Crippen LogP contribution in [0.25, 0.3) is 0 Å². The van der Waals surface area contributed by atoms with Crippen molar-refractivity contribution in [2.24, 2.45) is 0 Å². The Morgan fingerprint density at radius 3 is 2.55 bits per heavy atom. The summed E-state index contributed by atoms with van der Waals surface area (Å²) >= 11 is 0. The molecule has 0 radical (unpaired) electrons. The van der Waals surface area contributed by atoms with Crippen molar-refractivity contribution in [1.29, 1.82) is 0 Å². The zero-order valence-corrected chi connectivity index (χ0v) is 11.5. The number of benzene rings is 2. The highest BCUT2D eigenvalue weighted by atomic mass is 19.2. The molecule has 2 aromatic rings. The van der Waals surface area contributed by atoms with Crippen LogP contribution in [0.1, 0.15) is 24.1 Å². The Morgan fingerprint density at radius 1 is 1.10 bits per heavy atom. The summed E-state index contributed by atoms with van der Waals surface area (Å²) in [5, 5.41) is 3.27.